The lowest BCUT2D eigenvalue weighted by Crippen LogP contribution is -2.41. The van der Waals surface area contributed by atoms with Gasteiger partial charge in [-0.3, -0.25) is 4.79 Å². The van der Waals surface area contributed by atoms with Gasteiger partial charge in [0, 0.05) is 11.1 Å². The van der Waals surface area contributed by atoms with Crippen molar-refractivity contribution < 1.29 is 22.5 Å². The van der Waals surface area contributed by atoms with E-state index in [2.05, 4.69) is 6.92 Å². The van der Waals surface area contributed by atoms with Crippen molar-refractivity contribution in [1.82, 2.24) is 0 Å². The van der Waals surface area contributed by atoms with Crippen molar-refractivity contribution >= 4 is 29.1 Å². The summed E-state index contributed by atoms with van der Waals surface area (Å²) in [5.74, 6) is -0.239. The highest BCUT2D eigenvalue weighted by molar-refractivity contribution is 7.71. The summed E-state index contributed by atoms with van der Waals surface area (Å²) in [6.07, 6.45) is 0.899. The molecule has 1 aliphatic rings. The molecule has 0 spiro atoms. The number of aryl methyl sites for hydroxylation is 1. The van der Waals surface area contributed by atoms with E-state index in [1.165, 1.54) is 0 Å². The fourth-order valence-electron chi connectivity index (χ4n) is 3.28. The van der Waals surface area contributed by atoms with Crippen LogP contribution in [0.4, 0.5) is 0 Å². The summed E-state index contributed by atoms with van der Waals surface area (Å²) in [6.45, 7) is 9.83. The predicted octanol–water partition coefficient (Wildman–Crippen LogP) is 2.89. The monoisotopic (exact) mass is 414 g/mol. The van der Waals surface area contributed by atoms with E-state index >= 15 is 0 Å². The molecule has 0 radical (unpaired) electrons. The van der Waals surface area contributed by atoms with Crippen LogP contribution in [0.25, 0.3) is 0 Å². The van der Waals surface area contributed by atoms with E-state index in [9.17, 15) is 13.2 Å². The Morgan fingerprint density at radius 2 is 1.48 bits per heavy atom. The van der Waals surface area contributed by atoms with Gasteiger partial charge in [0.25, 0.3) is 0 Å². The van der Waals surface area contributed by atoms with Crippen LogP contribution in [0, 0.1) is 0 Å². The third-order valence-electron chi connectivity index (χ3n) is 5.80. The predicted molar refractivity (Wildman–Crippen MR) is 115 cm³/mol. The Balaban J connectivity index is 2.05. The van der Waals surface area contributed by atoms with E-state index in [1.807, 2.05) is 52.0 Å². The molecular weight excluding hydrogens is 387 g/mol. The zero-order chi connectivity index (χ0) is 21.4. The molecule has 3 rings (SSSR count). The summed E-state index contributed by atoms with van der Waals surface area (Å²) >= 11 is 0. The van der Waals surface area contributed by atoms with Gasteiger partial charge < -0.3 is 9.31 Å². The Morgan fingerprint density at radius 3 is 2.00 bits per heavy atom. The second-order valence-electron chi connectivity index (χ2n) is 8.38. The highest BCUT2D eigenvalue weighted by Gasteiger charge is 2.52. The van der Waals surface area contributed by atoms with Crippen LogP contribution in [0.15, 0.2) is 42.5 Å². The lowest BCUT2D eigenvalue weighted by Gasteiger charge is -2.32. The number of hydrogen-bond donors (Lipinski definition) is 1. The van der Waals surface area contributed by atoms with Crippen molar-refractivity contribution in [2.45, 2.75) is 58.0 Å². The molecule has 2 aromatic rings. The first-order valence-corrected chi connectivity index (χ1v) is 11.1. The highest BCUT2D eigenvalue weighted by atomic mass is 32.2. The minimum atomic E-state index is -2.58. The number of thiol groups is 1. The zero-order valence-electron chi connectivity index (χ0n) is 17.5. The molecule has 0 atom stereocenters. The molecule has 0 aromatic heterocycles. The summed E-state index contributed by atoms with van der Waals surface area (Å²) in [4.78, 5) is 13.2. The third-order valence-corrected chi connectivity index (χ3v) is 6.43. The molecule has 154 valence electrons. The van der Waals surface area contributed by atoms with Gasteiger partial charge in [-0.05, 0) is 50.7 Å². The highest BCUT2D eigenvalue weighted by Crippen LogP contribution is 2.37. The molecule has 2 aromatic carbocycles. The Labute approximate surface area is 174 Å². The van der Waals surface area contributed by atoms with Crippen molar-refractivity contribution in [3.8, 4) is 0 Å². The molecule has 0 unspecified atom stereocenters. The molecule has 1 fully saturated rings. The maximum atomic E-state index is 13.2. The van der Waals surface area contributed by atoms with Crippen molar-refractivity contribution in [3.05, 3.63) is 64.7 Å². The molecule has 0 bridgehead atoms. The zero-order valence-corrected chi connectivity index (χ0v) is 18.4. The van der Waals surface area contributed by atoms with Gasteiger partial charge in [0.05, 0.1) is 17.0 Å². The molecule has 0 aliphatic carbocycles. The first-order chi connectivity index (χ1) is 13.5. The van der Waals surface area contributed by atoms with Gasteiger partial charge in [-0.2, -0.15) is 0 Å². The minimum Gasteiger partial charge on any atom is -0.399 e. The molecular formula is C22H27BO5S. The average molecular weight is 414 g/mol. The Kier molecular flexibility index (Phi) is 6.04. The molecule has 1 aliphatic heterocycles. The Morgan fingerprint density at radius 1 is 0.931 bits per heavy atom. The van der Waals surface area contributed by atoms with Gasteiger partial charge in [0.1, 0.15) is 10.7 Å². The van der Waals surface area contributed by atoms with Crippen LogP contribution in [-0.4, -0.2) is 32.5 Å². The van der Waals surface area contributed by atoms with Crippen molar-refractivity contribution in [2.75, 3.05) is 0 Å². The van der Waals surface area contributed by atoms with Gasteiger partial charge in [0.2, 0.25) is 0 Å². The van der Waals surface area contributed by atoms with Crippen LogP contribution in [0.1, 0.15) is 61.7 Å². The van der Waals surface area contributed by atoms with E-state index in [-0.39, 0.29) is 11.5 Å². The SMILES string of the molecule is CCc1ccc(C(=O)c2ccc(C[SH](=O)=O)cc2B2OC(C)(C)C(C)(C)O2)cc1. The van der Waals surface area contributed by atoms with Crippen LogP contribution in [0.3, 0.4) is 0 Å². The van der Waals surface area contributed by atoms with Gasteiger partial charge in [0.15, 0.2) is 5.78 Å². The largest absolute Gasteiger partial charge is 0.495 e. The lowest BCUT2D eigenvalue weighted by atomic mass is 9.73. The van der Waals surface area contributed by atoms with Crippen LogP contribution in [0.5, 0.6) is 0 Å². The Bertz CT molecular complexity index is 969. The summed E-state index contributed by atoms with van der Waals surface area (Å²) in [7, 11) is -3.33. The average Bonchev–Trinajstić information content (AvgIpc) is 2.88. The van der Waals surface area contributed by atoms with Crippen molar-refractivity contribution in [2.24, 2.45) is 0 Å². The lowest BCUT2D eigenvalue weighted by molar-refractivity contribution is 0.00578. The number of rotatable bonds is 6. The maximum Gasteiger partial charge on any atom is 0.495 e. The minimum absolute atomic E-state index is 0.0957. The molecule has 1 saturated heterocycles. The van der Waals surface area contributed by atoms with Crippen molar-refractivity contribution in [3.63, 3.8) is 0 Å². The second-order valence-corrected chi connectivity index (χ2v) is 9.36. The van der Waals surface area contributed by atoms with E-state index in [0.29, 0.717) is 22.2 Å². The maximum absolute atomic E-state index is 13.2. The smallest absolute Gasteiger partial charge is 0.399 e. The first kappa shape index (κ1) is 21.7. The summed E-state index contributed by atoms with van der Waals surface area (Å²) in [5, 5.41) is 0. The van der Waals surface area contributed by atoms with Gasteiger partial charge >= 0.3 is 7.12 Å². The molecule has 0 saturated carbocycles. The molecule has 0 N–H and O–H groups in total. The Hall–Kier alpha value is -1.96. The second kappa shape index (κ2) is 8.05. The van der Waals surface area contributed by atoms with Gasteiger partial charge in [-0.25, -0.2) is 8.42 Å². The van der Waals surface area contributed by atoms with E-state index in [1.54, 1.807) is 18.2 Å². The molecule has 1 heterocycles. The first-order valence-electron chi connectivity index (χ1n) is 9.78. The summed E-state index contributed by atoms with van der Waals surface area (Å²) < 4.78 is 34.7. The number of ketones is 1. The fourth-order valence-corrected chi connectivity index (χ4v) is 3.77. The summed E-state index contributed by atoms with van der Waals surface area (Å²) in [6, 6.07) is 12.6. The fraction of sp³-hybridized carbons (Fsp3) is 0.409. The topological polar surface area (TPSA) is 69.7 Å². The van der Waals surface area contributed by atoms with E-state index < -0.39 is 29.0 Å². The van der Waals surface area contributed by atoms with Crippen molar-refractivity contribution in [1.29, 1.82) is 0 Å². The molecule has 5 nitrogen and oxygen atoms in total. The number of carbonyl (C=O) groups is 1. The standard InChI is InChI=1S/C22H27BO5S/c1-6-15-7-10-17(11-8-15)20(24)18-12-9-16(14-29(25)26)13-19(18)23-27-21(2,3)22(4,5)28-23/h7-13,29H,6,14H2,1-5H3. The normalized spacial score (nSPS) is 17.7. The number of carbonyl (C=O) groups excluding carboxylic acids is 1. The molecule has 0 amide bonds. The van der Waals surface area contributed by atoms with Gasteiger partial charge in [-0.15, -0.1) is 0 Å². The number of hydrogen-bond acceptors (Lipinski definition) is 5. The third kappa shape index (κ3) is 4.47. The molecule has 7 heteroatoms. The molecule has 29 heavy (non-hydrogen) atoms. The van der Waals surface area contributed by atoms with Gasteiger partial charge in [-0.1, -0.05) is 49.4 Å². The van der Waals surface area contributed by atoms with Crippen LogP contribution >= 0.6 is 0 Å². The van der Waals surface area contributed by atoms with E-state index in [4.69, 9.17) is 9.31 Å². The summed E-state index contributed by atoms with van der Waals surface area (Å²) in [5.41, 5.74) is 2.20. The van der Waals surface area contributed by atoms with E-state index in [0.717, 1.165) is 12.0 Å². The number of benzene rings is 2. The van der Waals surface area contributed by atoms with Crippen LogP contribution < -0.4 is 5.46 Å². The quantitative estimate of drug-likeness (QED) is 0.447. The van der Waals surface area contributed by atoms with Crippen LogP contribution in [-0.2, 0) is 32.2 Å². The van der Waals surface area contributed by atoms with Crippen LogP contribution in [0.2, 0.25) is 0 Å².